The van der Waals surface area contributed by atoms with Crippen LogP contribution in [-0.4, -0.2) is 3.21 Å². The van der Waals surface area contributed by atoms with E-state index in [2.05, 4.69) is 64.1 Å². The van der Waals surface area contributed by atoms with Gasteiger partial charge in [-0.1, -0.05) is 0 Å². The molecule has 0 amide bonds. The maximum absolute atomic E-state index is 13.7. The van der Waals surface area contributed by atoms with E-state index in [-0.39, 0.29) is 39.8 Å². The van der Waals surface area contributed by atoms with E-state index in [1.165, 1.54) is 44.2 Å². The van der Waals surface area contributed by atoms with Gasteiger partial charge in [0.15, 0.2) is 0 Å². The summed E-state index contributed by atoms with van der Waals surface area (Å²) in [4.78, 5) is 0. The van der Waals surface area contributed by atoms with Crippen LogP contribution in [0.25, 0.3) is 11.1 Å². The molecule has 0 radical (unpaired) electrons. The molecule has 0 N–H and O–H groups in total. The topological polar surface area (TPSA) is 0 Å². The first-order chi connectivity index (χ1) is 21.7. The molecule has 1 atom stereocenters. The Bertz CT molecular complexity index is 1770. The van der Waals surface area contributed by atoms with Gasteiger partial charge in [-0.3, -0.25) is 0 Å². The van der Waals surface area contributed by atoms with Crippen molar-refractivity contribution in [1.82, 2.24) is 0 Å². The Balaban J connectivity index is 0.00000260. The Morgan fingerprint density at radius 3 is 1.42 bits per heavy atom. The van der Waals surface area contributed by atoms with Crippen molar-refractivity contribution < 1.29 is 72.4 Å². The zero-order valence-electron chi connectivity index (χ0n) is 26.8. The Morgan fingerprint density at radius 2 is 1.04 bits per heavy atom. The van der Waals surface area contributed by atoms with Crippen LogP contribution in [0.2, 0.25) is 0 Å². The molecule has 0 heterocycles. The van der Waals surface area contributed by atoms with Crippen LogP contribution in [0, 0.1) is 11.3 Å². The minimum atomic E-state index is -4.51. The Labute approximate surface area is 298 Å². The van der Waals surface area contributed by atoms with Crippen molar-refractivity contribution in [3.05, 3.63) is 151 Å². The molecule has 6 rings (SSSR count). The minimum absolute atomic E-state index is 0. The molecule has 1 unspecified atom stereocenters. The minimum Gasteiger partial charge on any atom is -1.00 e. The van der Waals surface area contributed by atoms with Crippen molar-refractivity contribution >= 4 is 3.21 Å². The molecule has 4 aromatic carbocycles. The summed E-state index contributed by atoms with van der Waals surface area (Å²) in [5.74, 6) is 0.127. The quantitative estimate of drug-likeness (QED) is 0.232. The number of benzene rings is 4. The second-order valence-electron chi connectivity index (χ2n) is 13.0. The van der Waals surface area contributed by atoms with Crippen LogP contribution in [0.1, 0.15) is 71.1 Å². The van der Waals surface area contributed by atoms with Crippen molar-refractivity contribution in [2.24, 2.45) is 11.3 Å². The van der Waals surface area contributed by atoms with Crippen molar-refractivity contribution in [1.29, 1.82) is 0 Å². The number of halogens is 8. The normalized spacial score (nSPS) is 15.6. The third-order valence-electron chi connectivity index (χ3n) is 9.10. The van der Waals surface area contributed by atoms with E-state index in [9.17, 15) is 26.3 Å². The molecule has 2 aliphatic rings. The van der Waals surface area contributed by atoms with Crippen LogP contribution in [-0.2, 0) is 33.6 Å². The van der Waals surface area contributed by atoms with Gasteiger partial charge < -0.3 is 24.8 Å². The second kappa shape index (κ2) is 14.3. The van der Waals surface area contributed by atoms with Crippen LogP contribution in [0.4, 0.5) is 26.3 Å². The van der Waals surface area contributed by atoms with Crippen molar-refractivity contribution in [2.45, 2.75) is 50.1 Å². The van der Waals surface area contributed by atoms with Crippen LogP contribution >= 0.6 is 0 Å². The van der Waals surface area contributed by atoms with Gasteiger partial charge in [0.1, 0.15) is 0 Å². The third kappa shape index (κ3) is 7.25. The van der Waals surface area contributed by atoms with E-state index < -0.39 is 44.7 Å². The van der Waals surface area contributed by atoms with Gasteiger partial charge in [-0.25, -0.2) is 0 Å². The van der Waals surface area contributed by atoms with Gasteiger partial charge in [0.2, 0.25) is 0 Å². The van der Waals surface area contributed by atoms with E-state index >= 15 is 0 Å². The van der Waals surface area contributed by atoms with Gasteiger partial charge in [0, 0.05) is 0 Å². The summed E-state index contributed by atoms with van der Waals surface area (Å²) >= 11 is -3.40. The average Bonchev–Trinajstić information content (AvgIpc) is 3.59. The van der Waals surface area contributed by atoms with Gasteiger partial charge in [0.25, 0.3) is 0 Å². The zero-order chi connectivity index (χ0) is 33.0. The van der Waals surface area contributed by atoms with Crippen molar-refractivity contribution in [2.75, 3.05) is 0 Å². The van der Waals surface area contributed by atoms with E-state index in [0.29, 0.717) is 11.1 Å². The summed E-state index contributed by atoms with van der Waals surface area (Å²) in [6.45, 7) is 8.66. The molecule has 0 spiro atoms. The molecular weight excluding hydrogens is 745 g/mol. The smallest absolute Gasteiger partial charge is 1.00 e. The first-order valence-corrected chi connectivity index (χ1v) is 19.3. The number of allylic oxidation sites excluding steroid dienone is 4. The molecule has 0 aliphatic heterocycles. The van der Waals surface area contributed by atoms with E-state index in [4.69, 9.17) is 0 Å². The first-order valence-electron chi connectivity index (χ1n) is 15.4. The molecule has 48 heavy (non-hydrogen) atoms. The zero-order valence-corrected chi connectivity index (χ0v) is 30.7. The predicted molar refractivity (Wildman–Crippen MR) is 169 cm³/mol. The molecule has 0 saturated carbocycles. The fraction of sp³-hybridized carbons (Fsp3) is 0.256. The largest absolute Gasteiger partial charge is 1.00 e. The third-order valence-corrected chi connectivity index (χ3v) is 17.6. The van der Waals surface area contributed by atoms with Gasteiger partial charge in [-0.2, -0.15) is 0 Å². The summed E-state index contributed by atoms with van der Waals surface area (Å²) in [6.07, 6.45) is -3.52. The van der Waals surface area contributed by atoms with E-state index in [1.54, 1.807) is 0 Å². The fourth-order valence-electron chi connectivity index (χ4n) is 6.76. The summed E-state index contributed by atoms with van der Waals surface area (Å²) in [5.41, 5.74) is 5.45. The predicted octanol–water partition coefficient (Wildman–Crippen LogP) is 5.59. The molecule has 0 nitrogen and oxygen atoms in total. The number of alkyl halides is 6. The standard InChI is InChI=1S/C15H8F6.C13H9.C11H17.2ClH.Zr/c16-14(17,18)12-5-1-10(2-6-12)9-11-3-7-13(8-4-11)15(19,20)21;1-3-7-12-10(5-1)9-11-6-2-4-8-13(11)12;1-5-9-6-7-10(8-9)11(2,3)4;;;/h1-8H;1-9H;7-9H,5H2,1-4H3;2*1H;/q;;;;;+2/p-2. The van der Waals surface area contributed by atoms with Crippen molar-refractivity contribution in [3.8, 4) is 11.1 Å². The van der Waals surface area contributed by atoms with Gasteiger partial charge in [-0.15, -0.1) is 0 Å². The Hall–Kier alpha value is -2.73. The Kier molecular flexibility index (Phi) is 11.3. The van der Waals surface area contributed by atoms with Crippen LogP contribution in [0.15, 0.2) is 118 Å². The van der Waals surface area contributed by atoms with E-state index in [1.807, 2.05) is 24.3 Å². The molecule has 0 aromatic heterocycles. The Morgan fingerprint density at radius 1 is 0.625 bits per heavy atom. The van der Waals surface area contributed by atoms with Gasteiger partial charge in [-0.05, 0) is 0 Å². The number of hydrogen-bond donors (Lipinski definition) is 0. The fourth-order valence-corrected chi connectivity index (χ4v) is 16.6. The molecule has 2 aliphatic carbocycles. The van der Waals surface area contributed by atoms with Crippen LogP contribution in [0.3, 0.4) is 0 Å². The number of hydrogen-bond acceptors (Lipinski definition) is 0. The summed E-state index contributed by atoms with van der Waals surface area (Å²) in [5, 5.41) is 0. The number of rotatable bonds is 5. The molecule has 0 fully saturated rings. The summed E-state index contributed by atoms with van der Waals surface area (Å²) in [6, 6.07) is 27.0. The molecule has 0 saturated heterocycles. The molecular formula is C39H34Cl2F6Zr. The summed E-state index contributed by atoms with van der Waals surface area (Å²) < 4.78 is 84.5. The first kappa shape index (κ1) is 38.1. The van der Waals surface area contributed by atoms with Crippen LogP contribution in [0.5, 0.6) is 0 Å². The average molecular weight is 779 g/mol. The molecule has 9 heteroatoms. The maximum Gasteiger partial charge on any atom is -1.00 e. The molecule has 4 aromatic rings. The monoisotopic (exact) mass is 776 g/mol. The molecule has 0 bridgehead atoms. The van der Waals surface area contributed by atoms with Gasteiger partial charge in [0.05, 0.1) is 0 Å². The number of fused-ring (bicyclic) bond motifs is 3. The van der Waals surface area contributed by atoms with Crippen LogP contribution < -0.4 is 24.8 Å². The molecule has 250 valence electrons. The van der Waals surface area contributed by atoms with Crippen molar-refractivity contribution in [3.63, 3.8) is 0 Å². The maximum atomic E-state index is 13.7. The SMILES string of the molecule is CCC1C=C(C(C)(C)C)C=[C]1[Zr+2](=[C](c1ccc(C(F)(F)F)cc1)c1ccc(C(F)(F)F)cc1)[CH]1c2ccccc2-c2ccccc21.[Cl-].[Cl-]. The van der Waals surface area contributed by atoms with E-state index in [0.717, 1.165) is 45.0 Å². The van der Waals surface area contributed by atoms with Gasteiger partial charge >= 0.3 is 275 Å². The summed E-state index contributed by atoms with van der Waals surface area (Å²) in [7, 11) is 0. The second-order valence-corrected chi connectivity index (χ2v) is 19.1.